The molecule has 0 aliphatic rings. The molecule has 0 atom stereocenters. The monoisotopic (exact) mass is 325 g/mol. The molecule has 1 amide bonds. The molecule has 2 aromatic rings. The Hall–Kier alpha value is -1.46. The van der Waals surface area contributed by atoms with Crippen molar-refractivity contribution in [3.05, 3.63) is 51.3 Å². The van der Waals surface area contributed by atoms with Crippen molar-refractivity contribution >= 4 is 39.3 Å². The maximum absolute atomic E-state index is 12.0. The molecule has 0 unspecified atom stereocenters. The van der Waals surface area contributed by atoms with Gasteiger partial charge in [0.25, 0.3) is 5.91 Å². The van der Waals surface area contributed by atoms with Gasteiger partial charge in [0, 0.05) is 10.6 Å². The summed E-state index contributed by atoms with van der Waals surface area (Å²) in [5.74, 6) is 0.134. The lowest BCUT2D eigenvalue weighted by Crippen LogP contribution is -2.14. The Kier molecular flexibility index (Phi) is 3.93. The largest absolute Gasteiger partial charge is 0.305 e. The third-order valence-corrected chi connectivity index (χ3v) is 2.95. The molecule has 0 saturated carbocycles. The van der Waals surface area contributed by atoms with Crippen molar-refractivity contribution < 1.29 is 4.79 Å². The van der Waals surface area contributed by atoms with E-state index in [1.165, 1.54) is 12.4 Å². The van der Waals surface area contributed by atoms with Crippen LogP contribution in [0.3, 0.4) is 0 Å². The van der Waals surface area contributed by atoms with Gasteiger partial charge in [-0.05, 0) is 40.5 Å². The minimum Gasteiger partial charge on any atom is -0.305 e. The number of anilines is 1. The molecule has 1 heterocycles. The van der Waals surface area contributed by atoms with E-state index >= 15 is 0 Å². The predicted molar refractivity (Wildman–Crippen MR) is 73.9 cm³/mol. The highest BCUT2D eigenvalue weighted by atomic mass is 79.9. The molecule has 0 bridgehead atoms. The molecule has 1 N–H and O–H groups in total. The van der Waals surface area contributed by atoms with Crippen LogP contribution in [0.2, 0.25) is 5.02 Å². The van der Waals surface area contributed by atoms with Gasteiger partial charge in [-0.2, -0.15) is 0 Å². The van der Waals surface area contributed by atoms with Gasteiger partial charge in [-0.3, -0.25) is 4.79 Å². The minimum absolute atomic E-state index is 0.258. The second-order valence-corrected chi connectivity index (χ2v) is 4.89. The normalized spacial score (nSPS) is 10.2. The molecule has 0 spiro atoms. The molecule has 4 nitrogen and oxygen atoms in total. The van der Waals surface area contributed by atoms with Crippen LogP contribution < -0.4 is 5.32 Å². The van der Waals surface area contributed by atoms with Crippen LogP contribution in [0, 0.1) is 6.92 Å². The van der Waals surface area contributed by atoms with E-state index in [1.807, 2.05) is 6.92 Å². The molecule has 2 rings (SSSR count). The number of carbonyl (C=O) groups excluding carboxylic acids is 1. The Balaban J connectivity index is 2.21. The van der Waals surface area contributed by atoms with Gasteiger partial charge in [0.05, 0.1) is 12.4 Å². The van der Waals surface area contributed by atoms with Crippen LogP contribution in [-0.4, -0.2) is 15.9 Å². The van der Waals surface area contributed by atoms with Gasteiger partial charge in [0.2, 0.25) is 0 Å². The van der Waals surface area contributed by atoms with E-state index in [-0.39, 0.29) is 5.91 Å². The number of aryl methyl sites for hydroxylation is 1. The number of hydrogen-bond acceptors (Lipinski definition) is 3. The van der Waals surface area contributed by atoms with Crippen molar-refractivity contribution in [3.8, 4) is 0 Å². The number of carbonyl (C=O) groups is 1. The number of nitrogens with zero attached hydrogens (tertiary/aromatic N) is 2. The van der Waals surface area contributed by atoms with Gasteiger partial charge in [-0.15, -0.1) is 0 Å². The van der Waals surface area contributed by atoms with Crippen molar-refractivity contribution in [1.82, 2.24) is 9.97 Å². The number of rotatable bonds is 2. The van der Waals surface area contributed by atoms with Crippen molar-refractivity contribution in [2.45, 2.75) is 6.92 Å². The Morgan fingerprint density at radius 3 is 2.78 bits per heavy atom. The zero-order chi connectivity index (χ0) is 13.1. The van der Waals surface area contributed by atoms with Gasteiger partial charge in [-0.25, -0.2) is 9.97 Å². The zero-order valence-electron chi connectivity index (χ0n) is 9.45. The average molecular weight is 327 g/mol. The first-order valence-electron chi connectivity index (χ1n) is 5.11. The third-order valence-electron chi connectivity index (χ3n) is 2.31. The second-order valence-electron chi connectivity index (χ2n) is 3.64. The number of amides is 1. The Morgan fingerprint density at radius 1 is 1.33 bits per heavy atom. The fraction of sp³-hybridized carbons (Fsp3) is 0.0833. The van der Waals surface area contributed by atoms with Crippen LogP contribution in [0.1, 0.15) is 15.9 Å². The first-order valence-corrected chi connectivity index (χ1v) is 6.28. The minimum atomic E-state index is -0.258. The summed E-state index contributed by atoms with van der Waals surface area (Å²) in [6, 6.07) is 5.16. The first kappa shape index (κ1) is 13.0. The quantitative estimate of drug-likeness (QED) is 0.919. The number of hydrogen-bond donors (Lipinski definition) is 1. The third kappa shape index (κ3) is 3.05. The molecule has 0 radical (unpaired) electrons. The average Bonchev–Trinajstić information content (AvgIpc) is 2.35. The SMILES string of the molecule is Cc1ccc(Cl)cc1C(=O)Nc1cnc(Br)cn1. The molecule has 0 saturated heterocycles. The van der Waals surface area contributed by atoms with Crippen molar-refractivity contribution in [2.75, 3.05) is 5.32 Å². The predicted octanol–water partition coefficient (Wildman–Crippen LogP) is 3.45. The van der Waals surface area contributed by atoms with Gasteiger partial charge in [-0.1, -0.05) is 17.7 Å². The molecular weight excluding hydrogens is 318 g/mol. The van der Waals surface area contributed by atoms with Crippen LogP contribution in [0.15, 0.2) is 35.2 Å². The number of benzene rings is 1. The highest BCUT2D eigenvalue weighted by molar-refractivity contribution is 9.10. The van der Waals surface area contributed by atoms with Crippen LogP contribution >= 0.6 is 27.5 Å². The zero-order valence-corrected chi connectivity index (χ0v) is 11.8. The lowest BCUT2D eigenvalue weighted by Gasteiger charge is -2.07. The summed E-state index contributed by atoms with van der Waals surface area (Å²) < 4.78 is 0.611. The summed E-state index contributed by atoms with van der Waals surface area (Å²) in [7, 11) is 0. The van der Waals surface area contributed by atoms with Gasteiger partial charge in [0.15, 0.2) is 5.82 Å². The molecule has 92 valence electrons. The van der Waals surface area contributed by atoms with E-state index in [0.717, 1.165) is 5.56 Å². The van der Waals surface area contributed by atoms with Gasteiger partial charge < -0.3 is 5.32 Å². The molecule has 0 aliphatic heterocycles. The first-order chi connectivity index (χ1) is 8.56. The van der Waals surface area contributed by atoms with Crippen LogP contribution in [0.5, 0.6) is 0 Å². The molecule has 0 aliphatic carbocycles. The van der Waals surface area contributed by atoms with E-state index in [1.54, 1.807) is 18.2 Å². The second kappa shape index (κ2) is 5.46. The van der Waals surface area contributed by atoms with Gasteiger partial charge in [0.1, 0.15) is 4.60 Å². The summed E-state index contributed by atoms with van der Waals surface area (Å²) in [6.45, 7) is 1.85. The van der Waals surface area contributed by atoms with Crippen LogP contribution in [0.25, 0.3) is 0 Å². The maximum atomic E-state index is 12.0. The van der Waals surface area contributed by atoms with Crippen LogP contribution in [0.4, 0.5) is 5.82 Å². The maximum Gasteiger partial charge on any atom is 0.257 e. The smallest absolute Gasteiger partial charge is 0.257 e. The number of halogens is 2. The van der Waals surface area contributed by atoms with E-state index in [0.29, 0.717) is 21.0 Å². The van der Waals surface area contributed by atoms with E-state index < -0.39 is 0 Å². The van der Waals surface area contributed by atoms with Crippen molar-refractivity contribution in [2.24, 2.45) is 0 Å². The number of aromatic nitrogens is 2. The van der Waals surface area contributed by atoms with Crippen molar-refractivity contribution in [1.29, 1.82) is 0 Å². The molecule has 1 aromatic heterocycles. The highest BCUT2D eigenvalue weighted by Crippen LogP contribution is 2.16. The Morgan fingerprint density at radius 2 is 2.11 bits per heavy atom. The fourth-order valence-electron chi connectivity index (χ4n) is 1.40. The van der Waals surface area contributed by atoms with Gasteiger partial charge >= 0.3 is 0 Å². The summed E-state index contributed by atoms with van der Waals surface area (Å²) in [6.07, 6.45) is 2.99. The van der Waals surface area contributed by atoms with E-state index in [2.05, 4.69) is 31.2 Å². The summed E-state index contributed by atoms with van der Waals surface area (Å²) in [5, 5.41) is 3.18. The highest BCUT2D eigenvalue weighted by Gasteiger charge is 2.10. The number of nitrogens with one attached hydrogen (secondary N) is 1. The summed E-state index contributed by atoms with van der Waals surface area (Å²) in [5.41, 5.74) is 1.37. The van der Waals surface area contributed by atoms with Crippen LogP contribution in [-0.2, 0) is 0 Å². The van der Waals surface area contributed by atoms with E-state index in [9.17, 15) is 4.79 Å². The molecule has 6 heteroatoms. The Bertz CT molecular complexity index is 586. The van der Waals surface area contributed by atoms with Crippen molar-refractivity contribution in [3.63, 3.8) is 0 Å². The molecule has 0 fully saturated rings. The lowest BCUT2D eigenvalue weighted by molar-refractivity contribution is 0.102. The molecular formula is C12H9BrClN3O. The molecule has 18 heavy (non-hydrogen) atoms. The summed E-state index contributed by atoms with van der Waals surface area (Å²) >= 11 is 9.04. The lowest BCUT2D eigenvalue weighted by atomic mass is 10.1. The van der Waals surface area contributed by atoms with E-state index in [4.69, 9.17) is 11.6 Å². The topological polar surface area (TPSA) is 54.9 Å². The summed E-state index contributed by atoms with van der Waals surface area (Å²) in [4.78, 5) is 20.0. The Labute approximate surface area is 118 Å². The fourth-order valence-corrected chi connectivity index (χ4v) is 1.78. The molecule has 1 aromatic carbocycles. The standard InChI is InChI=1S/C12H9BrClN3O/c1-7-2-3-8(14)4-9(7)12(18)17-11-6-15-10(13)5-16-11/h2-6H,1H3,(H,16,17,18).